The molecule has 0 amide bonds. The summed E-state index contributed by atoms with van der Waals surface area (Å²) in [5.41, 5.74) is 6.95. The van der Waals surface area contributed by atoms with Crippen molar-refractivity contribution in [1.29, 1.82) is 0 Å². The van der Waals surface area contributed by atoms with Crippen LogP contribution in [0.5, 0.6) is 0 Å². The summed E-state index contributed by atoms with van der Waals surface area (Å²) in [7, 11) is -4.00. The van der Waals surface area contributed by atoms with Crippen LogP contribution in [0.2, 0.25) is 0 Å². The molecule has 40 heavy (non-hydrogen) atoms. The van der Waals surface area contributed by atoms with Crippen LogP contribution in [0.15, 0.2) is 59.5 Å². The van der Waals surface area contributed by atoms with Gasteiger partial charge in [0.25, 0.3) is 5.92 Å². The molecule has 0 spiro atoms. The van der Waals surface area contributed by atoms with Gasteiger partial charge in [-0.1, -0.05) is 44.2 Å². The monoisotopic (exact) mass is 582 g/mol. The SMILES string of the molecule is CC(C)CN(C[C@@H](O)[C@@H](CC(=O)O[C@H]1CO[C@H]2OCC(F)(F)[C@H]21)Cc1ccccc1)S(=O)(=O)c1ccc(N)cc1. The van der Waals surface area contributed by atoms with Crippen molar-refractivity contribution in [2.24, 2.45) is 17.8 Å². The minimum atomic E-state index is -4.00. The highest BCUT2D eigenvalue weighted by atomic mass is 32.2. The topological polar surface area (TPSA) is 128 Å². The maximum Gasteiger partial charge on any atom is 0.306 e. The number of carbonyl (C=O) groups excluding carboxylic acids is 1. The fourth-order valence-corrected chi connectivity index (χ4v) is 6.73. The van der Waals surface area contributed by atoms with E-state index in [1.54, 1.807) is 0 Å². The van der Waals surface area contributed by atoms with Gasteiger partial charge in [-0.3, -0.25) is 4.79 Å². The Balaban J connectivity index is 1.52. The van der Waals surface area contributed by atoms with Gasteiger partial charge in [0, 0.05) is 24.7 Å². The number of nitrogens with two attached hydrogens (primary N) is 1. The van der Waals surface area contributed by atoms with E-state index in [9.17, 15) is 27.1 Å². The molecule has 0 unspecified atom stereocenters. The van der Waals surface area contributed by atoms with Crippen LogP contribution in [-0.4, -0.2) is 74.5 Å². The molecule has 0 radical (unpaired) electrons. The fourth-order valence-electron chi connectivity index (χ4n) is 5.11. The molecular weight excluding hydrogens is 546 g/mol. The van der Waals surface area contributed by atoms with E-state index in [4.69, 9.17) is 19.9 Å². The van der Waals surface area contributed by atoms with Gasteiger partial charge >= 0.3 is 5.97 Å². The van der Waals surface area contributed by atoms with Gasteiger partial charge in [-0.15, -0.1) is 0 Å². The summed E-state index contributed by atoms with van der Waals surface area (Å²) < 4.78 is 72.4. The quantitative estimate of drug-likeness (QED) is 0.289. The Bertz CT molecular complexity index is 1250. The second-order valence-corrected chi connectivity index (χ2v) is 12.8. The number of esters is 1. The smallest absolute Gasteiger partial charge is 0.306 e. The number of aliphatic hydroxyl groups is 1. The van der Waals surface area contributed by atoms with Crippen molar-refractivity contribution in [1.82, 2.24) is 4.31 Å². The first-order valence-corrected chi connectivity index (χ1v) is 14.7. The molecule has 220 valence electrons. The van der Waals surface area contributed by atoms with Crippen molar-refractivity contribution in [2.45, 2.75) is 56.0 Å². The number of ether oxygens (including phenoxy) is 3. The van der Waals surface area contributed by atoms with Crippen LogP contribution in [0.1, 0.15) is 25.8 Å². The normalized spacial score (nSPS) is 23.7. The minimum Gasteiger partial charge on any atom is -0.459 e. The summed E-state index contributed by atoms with van der Waals surface area (Å²) in [6.45, 7) is 2.54. The summed E-state index contributed by atoms with van der Waals surface area (Å²) in [5.74, 6) is -6.19. The van der Waals surface area contributed by atoms with Crippen molar-refractivity contribution >= 4 is 21.7 Å². The third kappa shape index (κ3) is 7.16. The minimum absolute atomic E-state index is 0.0315. The molecule has 12 heteroatoms. The number of benzene rings is 2. The number of nitrogen functional groups attached to an aromatic ring is 1. The molecule has 0 aromatic heterocycles. The van der Waals surface area contributed by atoms with Crippen molar-refractivity contribution < 1.29 is 41.3 Å². The number of hydrogen-bond donors (Lipinski definition) is 2. The van der Waals surface area contributed by atoms with Gasteiger partial charge in [-0.05, 0) is 42.2 Å². The van der Waals surface area contributed by atoms with E-state index in [-0.39, 0.29) is 43.4 Å². The van der Waals surface area contributed by atoms with Crippen LogP contribution in [0.25, 0.3) is 0 Å². The highest BCUT2D eigenvalue weighted by molar-refractivity contribution is 7.89. The van der Waals surface area contributed by atoms with Gasteiger partial charge in [0.1, 0.15) is 18.6 Å². The molecule has 5 atom stereocenters. The second-order valence-electron chi connectivity index (χ2n) is 10.8. The number of rotatable bonds is 12. The van der Waals surface area contributed by atoms with E-state index >= 15 is 0 Å². The third-order valence-electron chi connectivity index (χ3n) is 7.12. The summed E-state index contributed by atoms with van der Waals surface area (Å²) in [4.78, 5) is 13.0. The predicted octanol–water partition coefficient (Wildman–Crippen LogP) is 3.08. The van der Waals surface area contributed by atoms with Gasteiger partial charge in [-0.25, -0.2) is 17.2 Å². The third-order valence-corrected chi connectivity index (χ3v) is 8.97. The molecule has 0 bridgehead atoms. The Morgan fingerprint density at radius 1 is 1.12 bits per heavy atom. The summed E-state index contributed by atoms with van der Waals surface area (Å²) in [6, 6.07) is 14.9. The molecule has 2 saturated heterocycles. The van der Waals surface area contributed by atoms with Crippen LogP contribution < -0.4 is 5.73 Å². The van der Waals surface area contributed by atoms with Crippen LogP contribution in [0.3, 0.4) is 0 Å². The van der Waals surface area contributed by atoms with Crippen LogP contribution in [0.4, 0.5) is 14.5 Å². The molecule has 9 nitrogen and oxygen atoms in total. The first kappa shape index (κ1) is 30.3. The Morgan fingerprint density at radius 2 is 1.80 bits per heavy atom. The van der Waals surface area contributed by atoms with Crippen molar-refractivity contribution in [3.05, 3.63) is 60.2 Å². The van der Waals surface area contributed by atoms with E-state index in [1.165, 1.54) is 28.6 Å². The highest BCUT2D eigenvalue weighted by Gasteiger charge is 2.60. The number of sulfonamides is 1. The molecule has 2 fully saturated rings. The van der Waals surface area contributed by atoms with E-state index < -0.39 is 58.9 Å². The number of anilines is 1. The molecule has 2 aliphatic rings. The van der Waals surface area contributed by atoms with Crippen LogP contribution >= 0.6 is 0 Å². The van der Waals surface area contributed by atoms with Gasteiger partial charge in [-0.2, -0.15) is 4.31 Å². The van der Waals surface area contributed by atoms with E-state index in [1.807, 2.05) is 44.2 Å². The lowest BCUT2D eigenvalue weighted by atomic mass is 9.90. The largest absolute Gasteiger partial charge is 0.459 e. The zero-order valence-electron chi connectivity index (χ0n) is 22.5. The second kappa shape index (κ2) is 12.5. The average Bonchev–Trinajstić information content (AvgIpc) is 3.44. The molecular formula is C28H36F2N2O7S. The molecule has 3 N–H and O–H groups in total. The van der Waals surface area contributed by atoms with E-state index in [2.05, 4.69) is 0 Å². The molecule has 4 rings (SSSR count). The van der Waals surface area contributed by atoms with Gasteiger partial charge in [0.05, 0.1) is 24.0 Å². The van der Waals surface area contributed by atoms with E-state index in [0.29, 0.717) is 5.69 Å². The predicted molar refractivity (Wildman–Crippen MR) is 143 cm³/mol. The summed E-state index contributed by atoms with van der Waals surface area (Å²) in [6.07, 6.45) is -3.66. The highest BCUT2D eigenvalue weighted by Crippen LogP contribution is 2.43. The van der Waals surface area contributed by atoms with Crippen LogP contribution in [-0.2, 0) is 35.4 Å². The van der Waals surface area contributed by atoms with Crippen LogP contribution in [0, 0.1) is 17.8 Å². The number of aliphatic hydroxyl groups excluding tert-OH is 1. The maximum absolute atomic E-state index is 14.3. The maximum atomic E-state index is 14.3. The molecule has 2 heterocycles. The number of fused-ring (bicyclic) bond motifs is 1. The Kier molecular flexibility index (Phi) is 9.46. The number of halogens is 2. The Hall–Kier alpha value is -2.64. The molecule has 0 aliphatic carbocycles. The number of nitrogens with zero attached hydrogens (tertiary/aromatic N) is 1. The van der Waals surface area contributed by atoms with Crippen molar-refractivity contribution in [3.8, 4) is 0 Å². The zero-order valence-corrected chi connectivity index (χ0v) is 23.3. The lowest BCUT2D eigenvalue weighted by Crippen LogP contribution is -2.43. The van der Waals surface area contributed by atoms with Gasteiger partial charge in [0.2, 0.25) is 10.0 Å². The summed E-state index contributed by atoms with van der Waals surface area (Å²) >= 11 is 0. The average molecular weight is 583 g/mol. The van der Waals surface area contributed by atoms with E-state index in [0.717, 1.165) is 5.56 Å². The number of alkyl halides is 2. The van der Waals surface area contributed by atoms with Gasteiger partial charge in [0.15, 0.2) is 6.29 Å². The Morgan fingerprint density at radius 3 is 2.45 bits per heavy atom. The number of hydrogen-bond acceptors (Lipinski definition) is 8. The first-order valence-electron chi connectivity index (χ1n) is 13.2. The Labute approximate surface area is 233 Å². The van der Waals surface area contributed by atoms with Gasteiger partial charge < -0.3 is 25.1 Å². The molecule has 2 aliphatic heterocycles. The van der Waals surface area contributed by atoms with Crippen molar-refractivity contribution in [2.75, 3.05) is 32.0 Å². The molecule has 2 aromatic rings. The van der Waals surface area contributed by atoms with Crippen molar-refractivity contribution in [3.63, 3.8) is 0 Å². The lowest BCUT2D eigenvalue weighted by Gasteiger charge is -2.30. The molecule has 2 aromatic carbocycles. The fraction of sp³-hybridized carbons (Fsp3) is 0.536. The standard InChI is InChI=1S/C28H36F2N2O7S/c1-18(2)14-32(40(35,36)22-10-8-21(31)9-11-22)15-23(33)20(12-19-6-4-3-5-7-19)13-25(34)39-24-16-37-27-26(24)28(29,30)17-38-27/h3-11,18,20,23-24,26-27,33H,12-17,31H2,1-2H3/t20-,23-,24+,26+,27+/m1/s1. The lowest BCUT2D eigenvalue weighted by molar-refractivity contribution is -0.158. The molecule has 0 saturated carbocycles. The summed E-state index contributed by atoms with van der Waals surface area (Å²) in [5, 5.41) is 11.4. The first-order chi connectivity index (χ1) is 18.9. The zero-order chi connectivity index (χ0) is 29.1. The number of carbonyl (C=O) groups is 1.